The summed E-state index contributed by atoms with van der Waals surface area (Å²) in [6.45, 7) is 0.0915. The van der Waals surface area contributed by atoms with Crippen molar-refractivity contribution in [3.8, 4) is 11.3 Å². The Kier molecular flexibility index (Phi) is 7.75. The number of fused-ring (bicyclic) bond motifs is 1. The van der Waals surface area contributed by atoms with Crippen LogP contribution in [0.3, 0.4) is 0 Å². The number of carbonyl (C=O) groups excluding carboxylic acids is 1. The molecule has 6 atom stereocenters. The number of hydrogen-bond donors (Lipinski definition) is 0. The SMILES string of the molecule is COC1C(C(=O)N=CN(C)C)OC2COC(c3ccccc3)OC2C1n1cc(-c2cc(F)c(F)c(F)c2)nn1. The molecule has 1 aromatic heterocycles. The lowest BCUT2D eigenvalue weighted by Crippen LogP contribution is -2.61. The van der Waals surface area contributed by atoms with E-state index in [0.717, 1.165) is 17.7 Å². The lowest BCUT2D eigenvalue weighted by atomic mass is 9.91. The molecule has 2 aliphatic rings. The lowest BCUT2D eigenvalue weighted by molar-refractivity contribution is -0.314. The topological polar surface area (TPSA) is 100 Å². The molecule has 13 heteroatoms. The molecule has 5 rings (SSSR count). The average Bonchev–Trinajstić information content (AvgIpc) is 3.43. The van der Waals surface area contributed by atoms with Crippen LogP contribution in [0, 0.1) is 17.5 Å². The van der Waals surface area contributed by atoms with Crippen molar-refractivity contribution < 1.29 is 36.9 Å². The van der Waals surface area contributed by atoms with Gasteiger partial charge in [-0.25, -0.2) is 22.8 Å². The standard InChI is InChI=1S/C26H26F3N5O5/c1-33(2)13-30-25(35)24-23(36-3)21(22-19(38-24)12-37-26(39-22)14-7-5-4-6-8-14)34-11-18(31-32-34)15-9-16(27)20(29)17(28)10-15/h4-11,13,19,21-24,26H,12H2,1-3H3. The molecular formula is C26H26F3N5O5. The Morgan fingerprint density at radius 1 is 1.15 bits per heavy atom. The van der Waals surface area contributed by atoms with Crippen LogP contribution in [0.15, 0.2) is 53.7 Å². The summed E-state index contributed by atoms with van der Waals surface area (Å²) in [5.74, 6) is -4.89. The van der Waals surface area contributed by atoms with Crippen LogP contribution in [0.2, 0.25) is 0 Å². The molecule has 39 heavy (non-hydrogen) atoms. The van der Waals surface area contributed by atoms with Crippen molar-refractivity contribution in [2.45, 2.75) is 36.7 Å². The summed E-state index contributed by atoms with van der Waals surface area (Å²) >= 11 is 0. The van der Waals surface area contributed by atoms with E-state index in [1.165, 1.54) is 24.3 Å². The number of amides is 1. The van der Waals surface area contributed by atoms with E-state index < -0.39 is 60.1 Å². The summed E-state index contributed by atoms with van der Waals surface area (Å²) in [6.07, 6.45) is -1.49. The van der Waals surface area contributed by atoms with Crippen LogP contribution in [-0.2, 0) is 23.7 Å². The second-order valence-corrected chi connectivity index (χ2v) is 9.35. The molecular weight excluding hydrogens is 519 g/mol. The Hall–Kier alpha value is -3.65. The maximum atomic E-state index is 13.9. The predicted molar refractivity (Wildman–Crippen MR) is 131 cm³/mol. The molecule has 3 heterocycles. The third kappa shape index (κ3) is 5.43. The summed E-state index contributed by atoms with van der Waals surface area (Å²) < 4.78 is 66.8. The number of hydrogen-bond acceptors (Lipinski definition) is 7. The van der Waals surface area contributed by atoms with Crippen LogP contribution < -0.4 is 0 Å². The molecule has 2 aromatic carbocycles. The highest BCUT2D eigenvalue weighted by Gasteiger charge is 2.53. The summed E-state index contributed by atoms with van der Waals surface area (Å²) in [5.41, 5.74) is 0.827. The highest BCUT2D eigenvalue weighted by atomic mass is 19.2. The Labute approximate surface area is 221 Å². The van der Waals surface area contributed by atoms with Gasteiger partial charge in [-0.15, -0.1) is 5.10 Å². The molecule has 1 amide bonds. The van der Waals surface area contributed by atoms with Crippen molar-refractivity contribution in [1.29, 1.82) is 0 Å². The molecule has 2 aliphatic heterocycles. The van der Waals surface area contributed by atoms with Crippen molar-refractivity contribution in [2.75, 3.05) is 27.8 Å². The van der Waals surface area contributed by atoms with Crippen LogP contribution in [0.25, 0.3) is 11.3 Å². The first kappa shape index (κ1) is 26.9. The van der Waals surface area contributed by atoms with Crippen LogP contribution in [0.5, 0.6) is 0 Å². The molecule has 6 unspecified atom stereocenters. The smallest absolute Gasteiger partial charge is 0.278 e. The van der Waals surface area contributed by atoms with E-state index in [2.05, 4.69) is 15.3 Å². The first-order valence-electron chi connectivity index (χ1n) is 12.1. The fraction of sp³-hybridized carbons (Fsp3) is 0.385. The molecule has 0 N–H and O–H groups in total. The highest BCUT2D eigenvalue weighted by Crippen LogP contribution is 2.40. The first-order valence-corrected chi connectivity index (χ1v) is 12.1. The van der Waals surface area contributed by atoms with E-state index in [0.29, 0.717) is 0 Å². The Morgan fingerprint density at radius 2 is 1.87 bits per heavy atom. The van der Waals surface area contributed by atoms with Crippen LogP contribution in [0.4, 0.5) is 13.2 Å². The van der Waals surface area contributed by atoms with E-state index >= 15 is 0 Å². The highest BCUT2D eigenvalue weighted by molar-refractivity contribution is 5.88. The number of carbonyl (C=O) groups is 1. The van der Waals surface area contributed by atoms with Gasteiger partial charge in [0.25, 0.3) is 5.91 Å². The number of aliphatic imine (C=N–C) groups is 1. The normalized spacial score (nSPS) is 26.9. The number of ether oxygens (including phenoxy) is 4. The number of nitrogens with zero attached hydrogens (tertiary/aromatic N) is 5. The number of rotatable bonds is 6. The molecule has 0 bridgehead atoms. The van der Waals surface area contributed by atoms with Gasteiger partial charge >= 0.3 is 0 Å². The molecule has 0 spiro atoms. The molecule has 0 aliphatic carbocycles. The van der Waals surface area contributed by atoms with Gasteiger partial charge in [0.15, 0.2) is 29.8 Å². The van der Waals surface area contributed by atoms with Gasteiger partial charge < -0.3 is 23.8 Å². The van der Waals surface area contributed by atoms with Crippen LogP contribution in [0.1, 0.15) is 17.9 Å². The minimum atomic E-state index is -1.58. The van der Waals surface area contributed by atoms with Crippen molar-refractivity contribution in [2.24, 2.45) is 4.99 Å². The maximum Gasteiger partial charge on any atom is 0.278 e. The third-order valence-electron chi connectivity index (χ3n) is 6.45. The van der Waals surface area contributed by atoms with Crippen molar-refractivity contribution in [3.63, 3.8) is 0 Å². The zero-order valence-electron chi connectivity index (χ0n) is 21.3. The second-order valence-electron chi connectivity index (χ2n) is 9.35. The van der Waals surface area contributed by atoms with E-state index in [4.69, 9.17) is 18.9 Å². The Morgan fingerprint density at radius 3 is 2.54 bits per heavy atom. The van der Waals surface area contributed by atoms with Gasteiger partial charge in [-0.05, 0) is 12.1 Å². The maximum absolute atomic E-state index is 13.9. The second kappa shape index (κ2) is 11.2. The van der Waals surface area contributed by atoms with Gasteiger partial charge in [0.1, 0.15) is 30.0 Å². The zero-order valence-corrected chi connectivity index (χ0v) is 21.3. The molecule has 0 saturated carbocycles. The summed E-state index contributed by atoms with van der Waals surface area (Å²) in [4.78, 5) is 18.6. The van der Waals surface area contributed by atoms with E-state index in [1.54, 1.807) is 19.0 Å². The number of methoxy groups -OCH3 is 1. The molecule has 3 aromatic rings. The minimum absolute atomic E-state index is 0.0199. The van der Waals surface area contributed by atoms with Gasteiger partial charge in [-0.3, -0.25) is 4.79 Å². The first-order chi connectivity index (χ1) is 18.8. The van der Waals surface area contributed by atoms with Gasteiger partial charge in [-0.2, -0.15) is 0 Å². The van der Waals surface area contributed by atoms with Crippen molar-refractivity contribution in [3.05, 3.63) is 71.7 Å². The van der Waals surface area contributed by atoms with E-state index in [-0.39, 0.29) is 17.9 Å². The minimum Gasteiger partial charge on any atom is -0.376 e. The van der Waals surface area contributed by atoms with Crippen molar-refractivity contribution in [1.82, 2.24) is 19.9 Å². The zero-order chi connectivity index (χ0) is 27.7. The third-order valence-corrected chi connectivity index (χ3v) is 6.45. The Balaban J connectivity index is 1.53. The number of halogens is 3. The monoisotopic (exact) mass is 545 g/mol. The largest absolute Gasteiger partial charge is 0.376 e. The average molecular weight is 546 g/mol. The molecule has 2 fully saturated rings. The van der Waals surface area contributed by atoms with E-state index in [1.807, 2.05) is 30.3 Å². The van der Waals surface area contributed by atoms with Gasteiger partial charge in [0.2, 0.25) is 0 Å². The molecule has 2 saturated heterocycles. The fourth-order valence-corrected chi connectivity index (χ4v) is 4.65. The molecule has 0 radical (unpaired) electrons. The molecule has 10 nitrogen and oxygen atoms in total. The lowest BCUT2D eigenvalue weighted by Gasteiger charge is -2.48. The summed E-state index contributed by atoms with van der Waals surface area (Å²) in [5, 5.41) is 8.21. The van der Waals surface area contributed by atoms with Crippen LogP contribution >= 0.6 is 0 Å². The number of aromatic nitrogens is 3. The van der Waals surface area contributed by atoms with Crippen LogP contribution in [-0.4, -0.2) is 84.4 Å². The summed E-state index contributed by atoms with van der Waals surface area (Å²) in [6, 6.07) is 10.1. The van der Waals surface area contributed by atoms with E-state index in [9.17, 15) is 18.0 Å². The van der Waals surface area contributed by atoms with Gasteiger partial charge in [0, 0.05) is 32.3 Å². The van der Waals surface area contributed by atoms with Crippen molar-refractivity contribution >= 4 is 12.2 Å². The van der Waals surface area contributed by atoms with Gasteiger partial charge in [0.05, 0.1) is 19.1 Å². The summed E-state index contributed by atoms with van der Waals surface area (Å²) in [7, 11) is 4.85. The quantitative estimate of drug-likeness (QED) is 0.265. The predicted octanol–water partition coefficient (Wildman–Crippen LogP) is 2.92. The van der Waals surface area contributed by atoms with Gasteiger partial charge in [-0.1, -0.05) is 35.5 Å². The number of benzene rings is 2. The fourth-order valence-electron chi connectivity index (χ4n) is 4.65. The molecule has 206 valence electrons. The Bertz CT molecular complexity index is 1330.